The van der Waals surface area contributed by atoms with Gasteiger partial charge in [-0.15, -0.1) is 0 Å². The van der Waals surface area contributed by atoms with Crippen molar-refractivity contribution in [1.82, 2.24) is 0 Å². The number of carboxylic acids is 1. The van der Waals surface area contributed by atoms with E-state index in [-0.39, 0.29) is 0 Å². The Hall–Kier alpha value is -0.930. The Morgan fingerprint density at radius 2 is 2.06 bits per heavy atom. The molecule has 0 aromatic heterocycles. The minimum atomic E-state index is -0.889. The van der Waals surface area contributed by atoms with Crippen LogP contribution in [0, 0.1) is 6.92 Å². The van der Waals surface area contributed by atoms with E-state index in [1.807, 2.05) is 13.8 Å². The Kier molecular flexibility index (Phi) is 5.09. The van der Waals surface area contributed by atoms with Gasteiger partial charge in [0.05, 0.1) is 10.7 Å². The molecule has 0 aliphatic carbocycles. The van der Waals surface area contributed by atoms with Gasteiger partial charge in [0.2, 0.25) is 0 Å². The zero-order valence-electron chi connectivity index (χ0n) is 9.76. The van der Waals surface area contributed by atoms with Gasteiger partial charge in [-0.3, -0.25) is 0 Å². The van der Waals surface area contributed by atoms with E-state index in [1.165, 1.54) is 0 Å². The Labute approximate surface area is 111 Å². The molecular weight excluding hydrogens is 261 g/mol. The lowest BCUT2D eigenvalue weighted by molar-refractivity contribution is -0.138. The minimum absolute atomic E-state index is 0.481. The molecule has 0 radical (unpaired) electrons. The normalized spacial score (nSPS) is 12.2. The van der Waals surface area contributed by atoms with E-state index in [0.29, 0.717) is 22.2 Å². The molecule has 1 aromatic rings. The van der Waals surface area contributed by atoms with Crippen molar-refractivity contribution in [2.75, 3.05) is 5.32 Å². The van der Waals surface area contributed by atoms with E-state index in [4.69, 9.17) is 28.3 Å². The Morgan fingerprint density at radius 3 is 2.59 bits per heavy atom. The molecule has 1 aromatic carbocycles. The summed E-state index contributed by atoms with van der Waals surface area (Å²) in [6.07, 6.45) is 1.32. The molecule has 2 N–H and O–H groups in total. The number of hydrogen-bond acceptors (Lipinski definition) is 2. The molecule has 0 heterocycles. The largest absolute Gasteiger partial charge is 0.480 e. The molecule has 1 unspecified atom stereocenters. The molecule has 3 nitrogen and oxygen atoms in total. The van der Waals surface area contributed by atoms with Gasteiger partial charge < -0.3 is 10.4 Å². The molecule has 1 rings (SSSR count). The number of anilines is 1. The van der Waals surface area contributed by atoms with E-state index in [2.05, 4.69) is 5.32 Å². The summed E-state index contributed by atoms with van der Waals surface area (Å²) in [5, 5.41) is 13.0. The molecule has 0 saturated heterocycles. The summed E-state index contributed by atoms with van der Waals surface area (Å²) >= 11 is 12.0. The lowest BCUT2D eigenvalue weighted by Gasteiger charge is -2.16. The van der Waals surface area contributed by atoms with Crippen LogP contribution in [0.5, 0.6) is 0 Å². The lowest BCUT2D eigenvalue weighted by atomic mass is 10.1. The Balaban J connectivity index is 2.93. The second kappa shape index (κ2) is 6.12. The van der Waals surface area contributed by atoms with E-state index in [0.717, 1.165) is 12.0 Å². The van der Waals surface area contributed by atoms with E-state index < -0.39 is 12.0 Å². The van der Waals surface area contributed by atoms with Crippen LogP contribution in [0.1, 0.15) is 25.3 Å². The monoisotopic (exact) mass is 275 g/mol. The summed E-state index contributed by atoms with van der Waals surface area (Å²) in [4.78, 5) is 11.0. The minimum Gasteiger partial charge on any atom is -0.480 e. The molecule has 94 valence electrons. The van der Waals surface area contributed by atoms with Crippen molar-refractivity contribution in [3.05, 3.63) is 27.7 Å². The van der Waals surface area contributed by atoms with Crippen molar-refractivity contribution in [3.63, 3.8) is 0 Å². The van der Waals surface area contributed by atoms with Crippen LogP contribution in [0.15, 0.2) is 12.1 Å². The van der Waals surface area contributed by atoms with Crippen LogP contribution < -0.4 is 5.32 Å². The first-order valence-corrected chi connectivity index (χ1v) is 6.16. The summed E-state index contributed by atoms with van der Waals surface area (Å²) < 4.78 is 0. The van der Waals surface area contributed by atoms with Crippen LogP contribution in [0.25, 0.3) is 0 Å². The SMILES string of the molecule is CCCC(Nc1cc(Cl)c(C)cc1Cl)C(=O)O. The number of hydrogen-bond donors (Lipinski definition) is 2. The maximum Gasteiger partial charge on any atom is 0.326 e. The first-order chi connectivity index (χ1) is 7.95. The summed E-state index contributed by atoms with van der Waals surface area (Å²) in [5.41, 5.74) is 1.42. The van der Waals surface area contributed by atoms with E-state index in [9.17, 15) is 4.79 Å². The second-order valence-electron chi connectivity index (χ2n) is 3.91. The molecule has 0 amide bonds. The third-order valence-corrected chi connectivity index (χ3v) is 3.17. The second-order valence-corrected chi connectivity index (χ2v) is 4.72. The van der Waals surface area contributed by atoms with Gasteiger partial charge in [-0.25, -0.2) is 4.79 Å². The van der Waals surface area contributed by atoms with Gasteiger partial charge in [0.25, 0.3) is 0 Å². The first kappa shape index (κ1) is 14.1. The average molecular weight is 276 g/mol. The molecule has 0 bridgehead atoms. The summed E-state index contributed by atoms with van der Waals surface area (Å²) in [6, 6.07) is 2.73. The third-order valence-electron chi connectivity index (χ3n) is 2.45. The maximum absolute atomic E-state index is 11.0. The predicted octanol–water partition coefficient (Wildman–Crippen LogP) is 3.97. The van der Waals surface area contributed by atoms with Gasteiger partial charge in [-0.05, 0) is 31.0 Å². The number of benzene rings is 1. The lowest BCUT2D eigenvalue weighted by Crippen LogP contribution is -2.29. The van der Waals surface area contributed by atoms with Crippen molar-refractivity contribution < 1.29 is 9.90 Å². The molecule has 0 saturated carbocycles. The highest BCUT2D eigenvalue weighted by Gasteiger charge is 2.17. The van der Waals surface area contributed by atoms with E-state index in [1.54, 1.807) is 12.1 Å². The molecule has 0 aliphatic rings. The zero-order valence-corrected chi connectivity index (χ0v) is 11.3. The number of aryl methyl sites for hydroxylation is 1. The quantitative estimate of drug-likeness (QED) is 0.855. The summed E-state index contributed by atoms with van der Waals surface area (Å²) in [7, 11) is 0. The van der Waals surface area contributed by atoms with Gasteiger partial charge in [-0.1, -0.05) is 36.5 Å². The number of halogens is 2. The van der Waals surface area contributed by atoms with Gasteiger partial charge in [-0.2, -0.15) is 0 Å². The maximum atomic E-state index is 11.0. The highest BCUT2D eigenvalue weighted by Crippen LogP contribution is 2.29. The highest BCUT2D eigenvalue weighted by atomic mass is 35.5. The third kappa shape index (κ3) is 3.79. The van der Waals surface area contributed by atoms with Crippen molar-refractivity contribution >= 4 is 34.9 Å². The molecule has 5 heteroatoms. The number of carboxylic acid groups (broad SMARTS) is 1. The number of nitrogens with one attached hydrogen (secondary N) is 1. The average Bonchev–Trinajstić information content (AvgIpc) is 2.24. The van der Waals surface area contributed by atoms with Crippen molar-refractivity contribution in [2.24, 2.45) is 0 Å². The van der Waals surface area contributed by atoms with Crippen LogP contribution >= 0.6 is 23.2 Å². The highest BCUT2D eigenvalue weighted by molar-refractivity contribution is 6.35. The molecule has 0 spiro atoms. The summed E-state index contributed by atoms with van der Waals surface area (Å²) in [6.45, 7) is 3.78. The standard InChI is InChI=1S/C12H15Cl2NO2/c1-3-4-10(12(16)17)15-11-6-8(13)7(2)5-9(11)14/h5-6,10,15H,3-4H2,1-2H3,(H,16,17). The fourth-order valence-electron chi connectivity index (χ4n) is 1.49. The molecule has 1 atom stereocenters. The number of rotatable bonds is 5. The van der Waals surface area contributed by atoms with Crippen LogP contribution in [0.3, 0.4) is 0 Å². The zero-order chi connectivity index (χ0) is 13.0. The van der Waals surface area contributed by atoms with Gasteiger partial charge in [0, 0.05) is 5.02 Å². The van der Waals surface area contributed by atoms with Crippen molar-refractivity contribution in [2.45, 2.75) is 32.7 Å². The molecule has 0 fully saturated rings. The van der Waals surface area contributed by atoms with Crippen molar-refractivity contribution in [3.8, 4) is 0 Å². The van der Waals surface area contributed by atoms with Gasteiger partial charge >= 0.3 is 5.97 Å². The Bertz CT molecular complexity index is 421. The van der Waals surface area contributed by atoms with Crippen LogP contribution in [0.2, 0.25) is 10.0 Å². The fraction of sp³-hybridized carbons (Fsp3) is 0.417. The predicted molar refractivity (Wildman–Crippen MR) is 71.2 cm³/mol. The number of carbonyl (C=O) groups is 1. The topological polar surface area (TPSA) is 49.3 Å². The van der Waals surface area contributed by atoms with Crippen LogP contribution in [-0.4, -0.2) is 17.1 Å². The molecule has 0 aliphatic heterocycles. The number of aliphatic carboxylic acids is 1. The van der Waals surface area contributed by atoms with Gasteiger partial charge in [0.15, 0.2) is 0 Å². The van der Waals surface area contributed by atoms with Crippen LogP contribution in [0.4, 0.5) is 5.69 Å². The first-order valence-electron chi connectivity index (χ1n) is 5.40. The Morgan fingerprint density at radius 1 is 1.41 bits per heavy atom. The van der Waals surface area contributed by atoms with Crippen LogP contribution in [-0.2, 0) is 4.79 Å². The summed E-state index contributed by atoms with van der Waals surface area (Å²) in [5.74, 6) is -0.889. The van der Waals surface area contributed by atoms with Crippen molar-refractivity contribution in [1.29, 1.82) is 0 Å². The van der Waals surface area contributed by atoms with Gasteiger partial charge in [0.1, 0.15) is 6.04 Å². The van der Waals surface area contributed by atoms with E-state index >= 15 is 0 Å². The fourth-order valence-corrected chi connectivity index (χ4v) is 1.93. The molecular formula is C12H15Cl2NO2. The smallest absolute Gasteiger partial charge is 0.326 e. The molecule has 17 heavy (non-hydrogen) atoms.